The lowest BCUT2D eigenvalue weighted by Crippen LogP contribution is -2.44. The number of carbonyl (C=O) groups excluding carboxylic acids is 1. The van der Waals surface area contributed by atoms with Gasteiger partial charge in [-0.1, -0.05) is 23.7 Å². The van der Waals surface area contributed by atoms with Crippen molar-refractivity contribution < 1.29 is 9.90 Å². The van der Waals surface area contributed by atoms with Gasteiger partial charge in [0.2, 0.25) is 5.95 Å². The molecule has 168 valence electrons. The molecule has 1 saturated heterocycles. The van der Waals surface area contributed by atoms with Gasteiger partial charge >= 0.3 is 0 Å². The van der Waals surface area contributed by atoms with E-state index in [-0.39, 0.29) is 12.5 Å². The SMILES string of the molecule is Cc1[nH]c(C(=O)N[C@H](CO)c2cccc(Cl)c2)c(C)c1-c1ccnc(N2CCNCC2)n1. The predicted octanol–water partition coefficient (Wildman–Crippen LogP) is 2.61. The van der Waals surface area contributed by atoms with Gasteiger partial charge in [-0.25, -0.2) is 9.97 Å². The standard InChI is InChI=1S/C23H27ClN6O2/c1-14-20(18-6-7-26-23(29-18)30-10-8-25-9-11-30)15(2)27-21(14)22(32)28-19(13-31)16-4-3-5-17(24)12-16/h3-7,12,19,25,27,31H,8-11,13H2,1-2H3,(H,28,32)/t19-/m1/s1. The number of benzene rings is 1. The van der Waals surface area contributed by atoms with E-state index < -0.39 is 6.04 Å². The normalized spacial score (nSPS) is 14.9. The number of nitrogens with zero attached hydrogens (tertiary/aromatic N) is 3. The van der Waals surface area contributed by atoms with Gasteiger partial charge in [0.15, 0.2) is 0 Å². The van der Waals surface area contributed by atoms with Crippen molar-refractivity contribution in [2.24, 2.45) is 0 Å². The van der Waals surface area contributed by atoms with Crippen molar-refractivity contribution in [3.63, 3.8) is 0 Å². The van der Waals surface area contributed by atoms with Crippen LogP contribution < -0.4 is 15.5 Å². The molecule has 8 nitrogen and oxygen atoms in total. The highest BCUT2D eigenvalue weighted by atomic mass is 35.5. The van der Waals surface area contributed by atoms with Crippen LogP contribution in [0.3, 0.4) is 0 Å². The third kappa shape index (κ3) is 4.62. The van der Waals surface area contributed by atoms with Crippen LogP contribution in [0, 0.1) is 13.8 Å². The zero-order valence-corrected chi connectivity index (χ0v) is 18.9. The number of aliphatic hydroxyl groups excluding tert-OH is 1. The first-order chi connectivity index (χ1) is 15.5. The molecule has 1 amide bonds. The summed E-state index contributed by atoms with van der Waals surface area (Å²) in [6, 6.07) is 8.40. The third-order valence-electron chi connectivity index (χ3n) is 5.70. The Bertz CT molecular complexity index is 1110. The summed E-state index contributed by atoms with van der Waals surface area (Å²) in [6.07, 6.45) is 1.76. The summed E-state index contributed by atoms with van der Waals surface area (Å²) in [5, 5.41) is 16.6. The average Bonchev–Trinajstić information content (AvgIpc) is 3.12. The first kappa shape index (κ1) is 22.3. The first-order valence-corrected chi connectivity index (χ1v) is 11.0. The maximum atomic E-state index is 13.1. The van der Waals surface area contributed by atoms with Gasteiger partial charge in [0.25, 0.3) is 5.91 Å². The molecule has 0 bridgehead atoms. The Balaban J connectivity index is 1.59. The number of aromatic amines is 1. The minimum atomic E-state index is -0.564. The number of rotatable bonds is 6. The molecule has 0 unspecified atom stereocenters. The topological polar surface area (TPSA) is 106 Å². The summed E-state index contributed by atoms with van der Waals surface area (Å²) < 4.78 is 0. The molecule has 4 N–H and O–H groups in total. The number of halogens is 1. The van der Waals surface area contributed by atoms with E-state index in [2.05, 4.69) is 25.5 Å². The maximum absolute atomic E-state index is 13.1. The second-order valence-electron chi connectivity index (χ2n) is 7.87. The number of aryl methyl sites for hydroxylation is 1. The van der Waals surface area contributed by atoms with Crippen LogP contribution in [0.1, 0.15) is 33.4 Å². The van der Waals surface area contributed by atoms with Gasteiger partial charge in [-0.05, 0) is 43.2 Å². The Kier molecular flexibility index (Phi) is 6.74. The fourth-order valence-electron chi connectivity index (χ4n) is 4.05. The van der Waals surface area contributed by atoms with Crippen molar-refractivity contribution in [1.29, 1.82) is 0 Å². The lowest BCUT2D eigenvalue weighted by molar-refractivity contribution is 0.0911. The highest BCUT2D eigenvalue weighted by Crippen LogP contribution is 2.29. The van der Waals surface area contributed by atoms with Crippen molar-refractivity contribution >= 4 is 23.5 Å². The number of H-pyrrole nitrogens is 1. The fourth-order valence-corrected chi connectivity index (χ4v) is 4.25. The lowest BCUT2D eigenvalue weighted by atomic mass is 10.1. The largest absolute Gasteiger partial charge is 0.394 e. The molecule has 9 heteroatoms. The Morgan fingerprint density at radius 2 is 2.06 bits per heavy atom. The fraction of sp³-hybridized carbons (Fsp3) is 0.348. The molecule has 3 aromatic rings. The molecule has 1 atom stereocenters. The van der Waals surface area contributed by atoms with Crippen LogP contribution in [0.2, 0.25) is 5.02 Å². The second-order valence-corrected chi connectivity index (χ2v) is 8.30. The Hall–Kier alpha value is -2.94. The van der Waals surface area contributed by atoms with Crippen LogP contribution >= 0.6 is 11.6 Å². The van der Waals surface area contributed by atoms with Crippen LogP contribution in [0.15, 0.2) is 36.5 Å². The van der Waals surface area contributed by atoms with Gasteiger partial charge in [-0.3, -0.25) is 4.79 Å². The molecule has 0 spiro atoms. The van der Waals surface area contributed by atoms with Crippen molar-refractivity contribution in [3.05, 3.63) is 64.1 Å². The number of nitrogens with one attached hydrogen (secondary N) is 3. The molecule has 0 radical (unpaired) electrons. The zero-order valence-electron chi connectivity index (χ0n) is 18.2. The number of anilines is 1. The summed E-state index contributed by atoms with van der Waals surface area (Å²) >= 11 is 6.07. The number of hydrogen-bond donors (Lipinski definition) is 4. The minimum Gasteiger partial charge on any atom is -0.394 e. The molecule has 32 heavy (non-hydrogen) atoms. The molecule has 1 aliphatic heterocycles. The second kappa shape index (κ2) is 9.68. The third-order valence-corrected chi connectivity index (χ3v) is 5.94. The smallest absolute Gasteiger partial charge is 0.268 e. The van der Waals surface area contributed by atoms with Crippen LogP contribution in [-0.4, -0.2) is 58.8 Å². The summed E-state index contributed by atoms with van der Waals surface area (Å²) in [7, 11) is 0. The Labute approximate surface area is 192 Å². The van der Waals surface area contributed by atoms with Crippen molar-refractivity contribution in [2.45, 2.75) is 19.9 Å². The molecule has 1 aliphatic rings. The number of piperazine rings is 1. The molecule has 2 aromatic heterocycles. The van der Waals surface area contributed by atoms with E-state index in [4.69, 9.17) is 16.6 Å². The van der Waals surface area contributed by atoms with Crippen LogP contribution in [-0.2, 0) is 0 Å². The zero-order chi connectivity index (χ0) is 22.7. The number of aromatic nitrogens is 3. The van der Waals surface area contributed by atoms with E-state index in [0.717, 1.165) is 54.3 Å². The van der Waals surface area contributed by atoms with Crippen molar-refractivity contribution in [1.82, 2.24) is 25.6 Å². The van der Waals surface area contributed by atoms with E-state index in [1.54, 1.807) is 24.4 Å². The summed E-state index contributed by atoms with van der Waals surface area (Å²) in [5.74, 6) is 0.392. The van der Waals surface area contributed by atoms with Gasteiger partial charge in [0, 0.05) is 48.7 Å². The van der Waals surface area contributed by atoms with Gasteiger partial charge < -0.3 is 25.6 Å². The van der Waals surface area contributed by atoms with Gasteiger partial charge in [0.05, 0.1) is 18.3 Å². The number of carbonyl (C=O) groups is 1. The number of aliphatic hydroxyl groups is 1. The van der Waals surface area contributed by atoms with E-state index >= 15 is 0 Å². The highest BCUT2D eigenvalue weighted by molar-refractivity contribution is 6.30. The lowest BCUT2D eigenvalue weighted by Gasteiger charge is -2.27. The molecule has 0 saturated carbocycles. The summed E-state index contributed by atoms with van der Waals surface area (Å²) in [6.45, 7) is 7.09. The monoisotopic (exact) mass is 454 g/mol. The average molecular weight is 455 g/mol. The van der Waals surface area contributed by atoms with Gasteiger partial charge in [-0.2, -0.15) is 0 Å². The van der Waals surface area contributed by atoms with Gasteiger partial charge in [-0.15, -0.1) is 0 Å². The van der Waals surface area contributed by atoms with Crippen LogP contribution in [0.5, 0.6) is 0 Å². The van der Waals surface area contributed by atoms with E-state index in [0.29, 0.717) is 16.7 Å². The Morgan fingerprint density at radius 3 is 2.78 bits per heavy atom. The molecular formula is C23H27ClN6O2. The minimum absolute atomic E-state index is 0.238. The Morgan fingerprint density at radius 1 is 1.28 bits per heavy atom. The maximum Gasteiger partial charge on any atom is 0.268 e. The summed E-state index contributed by atoms with van der Waals surface area (Å²) in [4.78, 5) is 27.6. The molecular weight excluding hydrogens is 428 g/mol. The van der Waals surface area contributed by atoms with E-state index in [1.165, 1.54) is 0 Å². The molecule has 0 aliphatic carbocycles. The van der Waals surface area contributed by atoms with Gasteiger partial charge in [0.1, 0.15) is 5.69 Å². The molecule has 1 fully saturated rings. The van der Waals surface area contributed by atoms with E-state index in [1.807, 2.05) is 26.0 Å². The van der Waals surface area contributed by atoms with Crippen molar-refractivity contribution in [2.75, 3.05) is 37.7 Å². The quantitative estimate of drug-likeness (QED) is 0.456. The molecule has 1 aromatic carbocycles. The van der Waals surface area contributed by atoms with Crippen LogP contribution in [0.25, 0.3) is 11.3 Å². The first-order valence-electron chi connectivity index (χ1n) is 10.6. The number of hydrogen-bond acceptors (Lipinski definition) is 6. The summed E-state index contributed by atoms with van der Waals surface area (Å²) in [5.41, 5.74) is 4.49. The predicted molar refractivity (Wildman–Crippen MR) is 125 cm³/mol. The van der Waals surface area contributed by atoms with E-state index in [9.17, 15) is 9.90 Å². The number of amides is 1. The molecule has 3 heterocycles. The highest BCUT2D eigenvalue weighted by Gasteiger charge is 2.23. The van der Waals surface area contributed by atoms with Crippen LogP contribution in [0.4, 0.5) is 5.95 Å². The molecule has 4 rings (SSSR count). The van der Waals surface area contributed by atoms with Crippen molar-refractivity contribution in [3.8, 4) is 11.3 Å².